The van der Waals surface area contributed by atoms with Crippen LogP contribution < -0.4 is 0 Å². The maximum absolute atomic E-state index is 5.42. The summed E-state index contributed by atoms with van der Waals surface area (Å²) >= 11 is 0. The molecular weight excluding hydrogens is 823 g/mol. The third-order valence-electron chi connectivity index (χ3n) is 14.0. The van der Waals surface area contributed by atoms with Crippen molar-refractivity contribution >= 4 is 86.3 Å². The van der Waals surface area contributed by atoms with Gasteiger partial charge in [0.15, 0.2) is 5.82 Å². The highest BCUT2D eigenvalue weighted by atomic mass is 14.9. The van der Waals surface area contributed by atoms with Gasteiger partial charge in [-0.05, 0) is 100 Å². The molecule has 0 radical (unpaired) electrons. The van der Waals surface area contributed by atoms with Gasteiger partial charge in [-0.3, -0.25) is 0 Å². The Labute approximate surface area is 392 Å². The molecule has 0 aliphatic rings. The van der Waals surface area contributed by atoms with Gasteiger partial charge in [0.1, 0.15) is 0 Å². The molecule has 0 spiro atoms. The molecule has 3 nitrogen and oxygen atoms in total. The summed E-state index contributed by atoms with van der Waals surface area (Å²) in [5.41, 5.74) is 10.2. The van der Waals surface area contributed by atoms with Crippen LogP contribution in [0, 0.1) is 0 Å². The number of pyridine rings is 1. The molecule has 314 valence electrons. The van der Waals surface area contributed by atoms with Crippen molar-refractivity contribution in [3.8, 4) is 56.3 Å². The Hall–Kier alpha value is -9.05. The first-order chi connectivity index (χ1) is 33.7. The zero-order chi connectivity index (χ0) is 44.7. The van der Waals surface area contributed by atoms with E-state index in [0.29, 0.717) is 5.82 Å². The second-order valence-electron chi connectivity index (χ2n) is 17.8. The molecule has 0 aliphatic carbocycles. The summed E-state index contributed by atoms with van der Waals surface area (Å²) in [5, 5.41) is 18.1. The number of rotatable bonds is 5. The van der Waals surface area contributed by atoms with Crippen LogP contribution >= 0.6 is 0 Å². The van der Waals surface area contributed by atoms with E-state index in [1.165, 1.54) is 70.0 Å². The predicted molar refractivity (Wildman–Crippen MR) is 287 cm³/mol. The van der Waals surface area contributed by atoms with Gasteiger partial charge in [-0.2, -0.15) is 0 Å². The topological polar surface area (TPSA) is 38.7 Å². The highest BCUT2D eigenvalue weighted by Gasteiger charge is 2.19. The fraction of sp³-hybridized carbons (Fsp3) is 0. The van der Waals surface area contributed by atoms with E-state index in [9.17, 15) is 0 Å². The molecule has 2 aromatic heterocycles. The van der Waals surface area contributed by atoms with E-state index in [2.05, 4.69) is 237 Å². The summed E-state index contributed by atoms with van der Waals surface area (Å²) in [7, 11) is 0. The van der Waals surface area contributed by atoms with E-state index in [0.717, 1.165) is 66.8 Å². The minimum atomic E-state index is 0.683. The molecule has 2 heterocycles. The summed E-state index contributed by atoms with van der Waals surface area (Å²) in [6.07, 6.45) is 0. The molecule has 0 fully saturated rings. The van der Waals surface area contributed by atoms with Crippen molar-refractivity contribution in [3.63, 3.8) is 0 Å². The predicted octanol–water partition coefficient (Wildman–Crippen LogP) is 17.4. The number of nitrogens with zero attached hydrogens (tertiary/aromatic N) is 3. The molecular formula is C65H39N3. The van der Waals surface area contributed by atoms with Crippen LogP contribution in [0.25, 0.3) is 143 Å². The molecule has 0 unspecified atom stereocenters. The zero-order valence-electron chi connectivity index (χ0n) is 36.9. The summed E-state index contributed by atoms with van der Waals surface area (Å²) in [6.45, 7) is 0. The van der Waals surface area contributed by atoms with Crippen LogP contribution in [0.4, 0.5) is 0 Å². The van der Waals surface area contributed by atoms with Gasteiger partial charge in [0.05, 0.1) is 22.6 Å². The highest BCUT2D eigenvalue weighted by molar-refractivity contribution is 6.33. The van der Waals surface area contributed by atoms with Crippen molar-refractivity contribution < 1.29 is 0 Å². The third-order valence-corrected chi connectivity index (χ3v) is 14.0. The van der Waals surface area contributed by atoms with Crippen molar-refractivity contribution in [2.45, 2.75) is 0 Å². The van der Waals surface area contributed by atoms with Gasteiger partial charge in [0, 0.05) is 38.4 Å². The summed E-state index contributed by atoms with van der Waals surface area (Å²) in [6, 6.07) is 85.1. The second-order valence-corrected chi connectivity index (χ2v) is 17.8. The highest BCUT2D eigenvalue weighted by Crippen LogP contribution is 2.44. The lowest BCUT2D eigenvalue weighted by atomic mass is 9.89. The van der Waals surface area contributed by atoms with Crippen LogP contribution in [-0.4, -0.2) is 15.0 Å². The van der Waals surface area contributed by atoms with Crippen molar-refractivity contribution in [2.24, 2.45) is 0 Å². The second kappa shape index (κ2) is 15.3. The molecule has 12 aromatic carbocycles. The van der Waals surface area contributed by atoms with Crippen molar-refractivity contribution in [2.75, 3.05) is 0 Å². The number of hydrogen-bond donors (Lipinski definition) is 0. The van der Waals surface area contributed by atoms with Crippen molar-refractivity contribution in [1.82, 2.24) is 15.0 Å². The Morgan fingerprint density at radius 1 is 0.235 bits per heavy atom. The lowest BCUT2D eigenvalue weighted by Gasteiger charge is -2.16. The summed E-state index contributed by atoms with van der Waals surface area (Å²) in [5.74, 6) is 0.683. The SMILES string of the molecule is c1ccc2c(c1)cc(-c1cc(-c3cc4ccccc4c4ccccc34)nc(-c3ccc(-c4ccc(-c5nc6ccccc6c6c7ccccc7c7ccccc7c56)cc4)cc3)n1)c1ccccc12. The standard InChI is InChI=1S/C65H39N3/c1-3-17-46-44(15-1)37-57(52-23-7-5-19-48(46)52)60-39-61(58-38-45-16-2-4-18-47(45)49-20-6-8-24-53(49)58)68-65(67-60)43-35-31-41(32-36-43)40-29-33-42(34-30-40)64-63-55-26-12-10-22-51(55)50-21-9-11-25-54(50)62(63)56-27-13-14-28-59(56)66-64/h1-39H. The van der Waals surface area contributed by atoms with Gasteiger partial charge in [0.25, 0.3) is 0 Å². The van der Waals surface area contributed by atoms with Crippen LogP contribution in [-0.2, 0) is 0 Å². The fourth-order valence-corrected chi connectivity index (χ4v) is 10.9. The maximum Gasteiger partial charge on any atom is 0.160 e. The first kappa shape index (κ1) is 38.2. The fourth-order valence-electron chi connectivity index (χ4n) is 10.9. The van der Waals surface area contributed by atoms with Crippen LogP contribution in [0.3, 0.4) is 0 Å². The first-order valence-corrected chi connectivity index (χ1v) is 23.3. The number of para-hydroxylation sites is 1. The van der Waals surface area contributed by atoms with E-state index in [4.69, 9.17) is 15.0 Å². The molecule has 14 rings (SSSR count). The molecule has 0 aliphatic heterocycles. The molecule has 0 amide bonds. The largest absolute Gasteiger partial charge is 0.247 e. The van der Waals surface area contributed by atoms with Gasteiger partial charge in [-0.1, -0.05) is 212 Å². The Balaban J connectivity index is 0.907. The minimum absolute atomic E-state index is 0.683. The Morgan fingerprint density at radius 3 is 1.12 bits per heavy atom. The summed E-state index contributed by atoms with van der Waals surface area (Å²) in [4.78, 5) is 16.2. The molecule has 0 saturated heterocycles. The lowest BCUT2D eigenvalue weighted by Crippen LogP contribution is -1.97. The Bertz CT molecular complexity index is 4230. The van der Waals surface area contributed by atoms with Gasteiger partial charge in [0.2, 0.25) is 0 Å². The van der Waals surface area contributed by atoms with E-state index in [-0.39, 0.29) is 0 Å². The smallest absolute Gasteiger partial charge is 0.160 e. The lowest BCUT2D eigenvalue weighted by molar-refractivity contribution is 1.19. The Kier molecular flexibility index (Phi) is 8.59. The average molecular weight is 862 g/mol. The number of benzene rings is 12. The van der Waals surface area contributed by atoms with Gasteiger partial charge < -0.3 is 0 Å². The first-order valence-electron chi connectivity index (χ1n) is 23.3. The van der Waals surface area contributed by atoms with Crippen LogP contribution in [0.15, 0.2) is 237 Å². The normalized spacial score (nSPS) is 11.8. The van der Waals surface area contributed by atoms with E-state index in [1.807, 2.05) is 0 Å². The Morgan fingerprint density at radius 2 is 0.603 bits per heavy atom. The van der Waals surface area contributed by atoms with Gasteiger partial charge in [-0.25, -0.2) is 15.0 Å². The van der Waals surface area contributed by atoms with Crippen molar-refractivity contribution in [1.29, 1.82) is 0 Å². The number of hydrogen-bond acceptors (Lipinski definition) is 3. The van der Waals surface area contributed by atoms with Crippen LogP contribution in [0.2, 0.25) is 0 Å². The van der Waals surface area contributed by atoms with Crippen LogP contribution in [0.1, 0.15) is 0 Å². The number of aromatic nitrogens is 3. The molecule has 0 bridgehead atoms. The van der Waals surface area contributed by atoms with E-state index >= 15 is 0 Å². The molecule has 3 heteroatoms. The van der Waals surface area contributed by atoms with Gasteiger partial charge >= 0.3 is 0 Å². The third kappa shape index (κ3) is 6.03. The minimum Gasteiger partial charge on any atom is -0.247 e. The van der Waals surface area contributed by atoms with Crippen molar-refractivity contribution in [3.05, 3.63) is 237 Å². The van der Waals surface area contributed by atoms with Gasteiger partial charge in [-0.15, -0.1) is 0 Å². The van der Waals surface area contributed by atoms with E-state index in [1.54, 1.807) is 0 Å². The molecule has 14 aromatic rings. The molecule has 0 saturated carbocycles. The summed E-state index contributed by atoms with van der Waals surface area (Å²) < 4.78 is 0. The molecule has 68 heavy (non-hydrogen) atoms. The molecule has 0 N–H and O–H groups in total. The van der Waals surface area contributed by atoms with E-state index < -0.39 is 0 Å². The quantitative estimate of drug-likeness (QED) is 0.162. The zero-order valence-corrected chi connectivity index (χ0v) is 36.9. The maximum atomic E-state index is 5.42. The monoisotopic (exact) mass is 861 g/mol. The molecule has 0 atom stereocenters. The average Bonchev–Trinajstić information content (AvgIpc) is 3.42. The van der Waals surface area contributed by atoms with Crippen LogP contribution in [0.5, 0.6) is 0 Å². The number of fused-ring (bicyclic) bond motifs is 14.